The van der Waals surface area contributed by atoms with Gasteiger partial charge in [-0.2, -0.15) is 11.8 Å². The minimum absolute atomic E-state index is 0.639. The third-order valence-electron chi connectivity index (χ3n) is 4.68. The van der Waals surface area contributed by atoms with Gasteiger partial charge in [0.05, 0.1) is 0 Å². The van der Waals surface area contributed by atoms with E-state index < -0.39 is 0 Å². The standard InChI is InChI=1S/C15H27BrS/c16-12-15(9-5-1-2-6-10-15)13-17-11-14-7-3-4-8-14/h14H,1-13H2. The fourth-order valence-electron chi connectivity index (χ4n) is 3.41. The Balaban J connectivity index is 1.73. The minimum Gasteiger partial charge on any atom is -0.161 e. The maximum Gasteiger partial charge on any atom is 0.00958 e. The predicted octanol–water partition coefficient (Wildman–Crippen LogP) is 5.65. The summed E-state index contributed by atoms with van der Waals surface area (Å²) in [5.74, 6) is 3.90. The van der Waals surface area contributed by atoms with Crippen LogP contribution in [0.1, 0.15) is 64.2 Å². The number of halogens is 1. The van der Waals surface area contributed by atoms with Crippen LogP contribution in [-0.4, -0.2) is 16.8 Å². The lowest BCUT2D eigenvalue weighted by Crippen LogP contribution is -2.25. The highest BCUT2D eigenvalue weighted by molar-refractivity contribution is 9.09. The van der Waals surface area contributed by atoms with Gasteiger partial charge in [-0.05, 0) is 48.5 Å². The van der Waals surface area contributed by atoms with E-state index in [4.69, 9.17) is 0 Å². The molecule has 2 aliphatic rings. The molecule has 17 heavy (non-hydrogen) atoms. The zero-order chi connectivity index (χ0) is 12.0. The Morgan fingerprint density at radius 2 is 1.59 bits per heavy atom. The Kier molecular flexibility index (Phi) is 6.22. The van der Waals surface area contributed by atoms with E-state index >= 15 is 0 Å². The Bertz CT molecular complexity index is 203. The molecule has 0 aromatic heterocycles. The van der Waals surface area contributed by atoms with Crippen LogP contribution < -0.4 is 0 Å². The summed E-state index contributed by atoms with van der Waals surface area (Å²) in [6.07, 6.45) is 14.8. The molecule has 2 rings (SSSR count). The van der Waals surface area contributed by atoms with E-state index in [0.29, 0.717) is 5.41 Å². The van der Waals surface area contributed by atoms with Gasteiger partial charge < -0.3 is 0 Å². The SMILES string of the molecule is BrCC1(CSCC2CCCC2)CCCCCC1. The van der Waals surface area contributed by atoms with E-state index in [1.165, 1.54) is 81.0 Å². The first-order valence-electron chi connectivity index (χ1n) is 7.48. The molecule has 0 spiro atoms. The van der Waals surface area contributed by atoms with Crippen molar-refractivity contribution in [1.82, 2.24) is 0 Å². The smallest absolute Gasteiger partial charge is 0.00958 e. The molecule has 0 bridgehead atoms. The molecule has 0 heterocycles. The quantitative estimate of drug-likeness (QED) is 0.466. The highest BCUT2D eigenvalue weighted by atomic mass is 79.9. The molecule has 0 saturated heterocycles. The van der Waals surface area contributed by atoms with E-state index in [1.807, 2.05) is 0 Å². The molecule has 0 aromatic rings. The van der Waals surface area contributed by atoms with E-state index in [0.717, 1.165) is 5.92 Å². The molecular formula is C15H27BrS. The van der Waals surface area contributed by atoms with Crippen molar-refractivity contribution < 1.29 is 0 Å². The topological polar surface area (TPSA) is 0 Å². The third kappa shape index (κ3) is 4.45. The van der Waals surface area contributed by atoms with Crippen LogP contribution in [0, 0.1) is 11.3 Å². The Morgan fingerprint density at radius 1 is 0.941 bits per heavy atom. The normalized spacial score (nSPS) is 25.9. The van der Waals surface area contributed by atoms with Crippen molar-refractivity contribution in [3.05, 3.63) is 0 Å². The van der Waals surface area contributed by atoms with Crippen molar-refractivity contribution in [3.8, 4) is 0 Å². The average molecular weight is 319 g/mol. The van der Waals surface area contributed by atoms with Gasteiger partial charge in [0.15, 0.2) is 0 Å². The summed E-state index contributed by atoms with van der Waals surface area (Å²) in [6, 6.07) is 0. The van der Waals surface area contributed by atoms with Gasteiger partial charge in [-0.3, -0.25) is 0 Å². The van der Waals surface area contributed by atoms with E-state index in [2.05, 4.69) is 27.7 Å². The molecule has 2 aliphatic carbocycles. The summed E-state index contributed by atoms with van der Waals surface area (Å²) >= 11 is 6.06. The van der Waals surface area contributed by atoms with Crippen molar-refractivity contribution >= 4 is 27.7 Å². The van der Waals surface area contributed by atoms with Crippen LogP contribution in [0.5, 0.6) is 0 Å². The van der Waals surface area contributed by atoms with Crippen molar-refractivity contribution in [1.29, 1.82) is 0 Å². The summed E-state index contributed by atoms with van der Waals surface area (Å²) in [5.41, 5.74) is 0.639. The van der Waals surface area contributed by atoms with Gasteiger partial charge in [-0.15, -0.1) is 0 Å². The first-order chi connectivity index (χ1) is 8.35. The molecule has 2 fully saturated rings. The second-order valence-corrected chi connectivity index (χ2v) is 7.80. The van der Waals surface area contributed by atoms with Gasteiger partial charge in [0, 0.05) is 5.33 Å². The van der Waals surface area contributed by atoms with Gasteiger partial charge in [-0.1, -0.05) is 54.5 Å². The lowest BCUT2D eigenvalue weighted by atomic mass is 9.85. The Morgan fingerprint density at radius 3 is 2.18 bits per heavy atom. The second kappa shape index (κ2) is 7.43. The molecule has 2 saturated carbocycles. The monoisotopic (exact) mass is 318 g/mol. The highest BCUT2D eigenvalue weighted by Crippen LogP contribution is 2.40. The van der Waals surface area contributed by atoms with Crippen LogP contribution in [0.15, 0.2) is 0 Å². The van der Waals surface area contributed by atoms with Crippen molar-refractivity contribution in [2.45, 2.75) is 64.2 Å². The largest absolute Gasteiger partial charge is 0.161 e. The lowest BCUT2D eigenvalue weighted by Gasteiger charge is -2.30. The molecule has 0 aromatic carbocycles. The van der Waals surface area contributed by atoms with Crippen LogP contribution in [0.3, 0.4) is 0 Å². The number of thioether (sulfide) groups is 1. The lowest BCUT2D eigenvalue weighted by molar-refractivity contribution is 0.334. The summed E-state index contributed by atoms with van der Waals surface area (Å²) in [5, 5.41) is 1.23. The zero-order valence-corrected chi connectivity index (χ0v) is 13.5. The fourth-order valence-corrected chi connectivity index (χ4v) is 6.04. The first kappa shape index (κ1) is 14.2. The fraction of sp³-hybridized carbons (Fsp3) is 1.00. The van der Waals surface area contributed by atoms with Crippen LogP contribution in [0.2, 0.25) is 0 Å². The average Bonchev–Trinajstić information content (AvgIpc) is 2.75. The second-order valence-electron chi connectivity index (χ2n) is 6.21. The molecule has 0 aliphatic heterocycles. The van der Waals surface area contributed by atoms with Gasteiger partial charge in [-0.25, -0.2) is 0 Å². The third-order valence-corrected chi connectivity index (χ3v) is 7.40. The van der Waals surface area contributed by atoms with Crippen LogP contribution in [0.25, 0.3) is 0 Å². The van der Waals surface area contributed by atoms with Crippen LogP contribution in [0.4, 0.5) is 0 Å². The van der Waals surface area contributed by atoms with Crippen molar-refractivity contribution in [3.63, 3.8) is 0 Å². The van der Waals surface area contributed by atoms with Gasteiger partial charge in [0.25, 0.3) is 0 Å². The number of alkyl halides is 1. The number of rotatable bonds is 5. The molecule has 0 atom stereocenters. The molecule has 0 unspecified atom stereocenters. The van der Waals surface area contributed by atoms with Gasteiger partial charge in [0.1, 0.15) is 0 Å². The van der Waals surface area contributed by atoms with Gasteiger partial charge >= 0.3 is 0 Å². The minimum atomic E-state index is 0.639. The highest BCUT2D eigenvalue weighted by Gasteiger charge is 2.30. The maximum atomic E-state index is 3.80. The molecule has 0 radical (unpaired) electrons. The van der Waals surface area contributed by atoms with Crippen molar-refractivity contribution in [2.75, 3.05) is 16.8 Å². The summed E-state index contributed by atoms with van der Waals surface area (Å²) in [6.45, 7) is 0. The van der Waals surface area contributed by atoms with E-state index in [1.54, 1.807) is 0 Å². The summed E-state index contributed by atoms with van der Waals surface area (Å²) in [4.78, 5) is 0. The first-order valence-corrected chi connectivity index (χ1v) is 9.76. The van der Waals surface area contributed by atoms with Gasteiger partial charge in [0.2, 0.25) is 0 Å². The molecule has 0 amide bonds. The zero-order valence-electron chi connectivity index (χ0n) is 11.1. The predicted molar refractivity (Wildman–Crippen MR) is 83.2 cm³/mol. The molecule has 2 heteroatoms. The molecule has 100 valence electrons. The molecule has 0 nitrogen and oxygen atoms in total. The van der Waals surface area contributed by atoms with Crippen LogP contribution in [-0.2, 0) is 0 Å². The van der Waals surface area contributed by atoms with Crippen molar-refractivity contribution in [2.24, 2.45) is 11.3 Å². The van der Waals surface area contributed by atoms with Crippen LogP contribution >= 0.6 is 27.7 Å². The van der Waals surface area contributed by atoms with E-state index in [9.17, 15) is 0 Å². The summed E-state index contributed by atoms with van der Waals surface area (Å²) in [7, 11) is 0. The molecule has 0 N–H and O–H groups in total. The number of hydrogen-bond donors (Lipinski definition) is 0. The summed E-state index contributed by atoms with van der Waals surface area (Å²) < 4.78 is 0. The number of hydrogen-bond acceptors (Lipinski definition) is 1. The maximum absolute atomic E-state index is 3.80. The Labute approximate surface area is 120 Å². The molecular weight excluding hydrogens is 292 g/mol. The van der Waals surface area contributed by atoms with E-state index in [-0.39, 0.29) is 0 Å². The Hall–Kier alpha value is 0.830.